The highest BCUT2D eigenvalue weighted by Gasteiger charge is 2.14. The van der Waals surface area contributed by atoms with Crippen LogP contribution >= 0.6 is 11.6 Å². The first-order chi connectivity index (χ1) is 6.45. The summed E-state index contributed by atoms with van der Waals surface area (Å²) in [5, 5.41) is 3.14. The first-order valence-electron chi connectivity index (χ1n) is 4.45. The molecule has 0 spiro atoms. The Kier molecular flexibility index (Phi) is 3.17. The number of hydrogen-bond acceptors (Lipinski definition) is 1. The van der Waals surface area contributed by atoms with E-state index in [0.717, 1.165) is 5.56 Å². The molecule has 2 nitrogen and oxygen atoms in total. The number of benzene rings is 1. The molecule has 0 aromatic heterocycles. The van der Waals surface area contributed by atoms with Gasteiger partial charge in [-0.15, -0.1) is 0 Å². The van der Waals surface area contributed by atoms with Gasteiger partial charge in [0.25, 0.3) is 0 Å². The summed E-state index contributed by atoms with van der Waals surface area (Å²) in [5.41, 5.74) is 1.87. The van der Waals surface area contributed by atoms with Crippen LogP contribution in [0.4, 0.5) is 5.69 Å². The van der Waals surface area contributed by atoms with Gasteiger partial charge in [-0.2, -0.15) is 0 Å². The maximum absolute atomic E-state index is 10.3. The summed E-state index contributed by atoms with van der Waals surface area (Å²) < 4.78 is 0. The SMILES string of the molecule is CC(C)(C)c1ccc(Cl)c(NC=O)c1. The fraction of sp³-hybridized carbons (Fsp3) is 0.364. The van der Waals surface area contributed by atoms with Gasteiger partial charge in [-0.25, -0.2) is 0 Å². The molecule has 0 unspecified atom stereocenters. The van der Waals surface area contributed by atoms with Crippen LogP contribution in [0.3, 0.4) is 0 Å². The predicted molar refractivity (Wildman–Crippen MR) is 59.8 cm³/mol. The van der Waals surface area contributed by atoms with E-state index in [9.17, 15) is 4.79 Å². The first-order valence-corrected chi connectivity index (χ1v) is 4.83. The van der Waals surface area contributed by atoms with Gasteiger partial charge in [-0.1, -0.05) is 38.4 Å². The molecule has 1 amide bonds. The van der Waals surface area contributed by atoms with Crippen molar-refractivity contribution in [2.45, 2.75) is 26.2 Å². The van der Waals surface area contributed by atoms with Crippen LogP contribution in [0.2, 0.25) is 5.02 Å². The molecule has 0 bridgehead atoms. The van der Waals surface area contributed by atoms with Gasteiger partial charge in [0.15, 0.2) is 0 Å². The highest BCUT2D eigenvalue weighted by atomic mass is 35.5. The van der Waals surface area contributed by atoms with E-state index in [4.69, 9.17) is 11.6 Å². The molecular weight excluding hydrogens is 198 g/mol. The molecular formula is C11H14ClNO. The molecule has 1 aromatic rings. The summed E-state index contributed by atoms with van der Waals surface area (Å²) in [6.07, 6.45) is 0.633. The zero-order chi connectivity index (χ0) is 10.8. The minimum Gasteiger partial charge on any atom is -0.327 e. The second-order valence-corrected chi connectivity index (χ2v) is 4.61. The average molecular weight is 212 g/mol. The first kappa shape index (κ1) is 11.1. The Bertz CT molecular complexity index is 342. The monoisotopic (exact) mass is 211 g/mol. The molecule has 0 aliphatic carbocycles. The molecule has 1 aromatic carbocycles. The van der Waals surface area contributed by atoms with E-state index >= 15 is 0 Å². The lowest BCUT2D eigenvalue weighted by Gasteiger charge is -2.20. The lowest BCUT2D eigenvalue weighted by molar-refractivity contribution is -0.105. The molecule has 0 heterocycles. The van der Waals surface area contributed by atoms with Crippen LogP contribution < -0.4 is 5.32 Å². The number of amides is 1. The molecule has 0 radical (unpaired) electrons. The van der Waals surface area contributed by atoms with E-state index in [0.29, 0.717) is 17.1 Å². The molecule has 0 atom stereocenters. The molecule has 14 heavy (non-hydrogen) atoms. The van der Waals surface area contributed by atoms with Crippen LogP contribution in [0.5, 0.6) is 0 Å². The number of halogens is 1. The fourth-order valence-corrected chi connectivity index (χ4v) is 1.34. The van der Waals surface area contributed by atoms with Gasteiger partial charge in [0, 0.05) is 0 Å². The quantitative estimate of drug-likeness (QED) is 0.748. The Hall–Kier alpha value is -1.02. The Morgan fingerprint density at radius 3 is 2.50 bits per heavy atom. The van der Waals surface area contributed by atoms with E-state index < -0.39 is 0 Å². The van der Waals surface area contributed by atoms with Crippen LogP contribution in [0.15, 0.2) is 18.2 Å². The number of anilines is 1. The maximum Gasteiger partial charge on any atom is 0.211 e. The van der Waals surface area contributed by atoms with Gasteiger partial charge in [0.05, 0.1) is 10.7 Å². The van der Waals surface area contributed by atoms with Crippen LogP contribution in [-0.2, 0) is 10.2 Å². The molecule has 76 valence electrons. The number of rotatable bonds is 2. The second kappa shape index (κ2) is 4.01. The average Bonchev–Trinajstić information content (AvgIpc) is 2.07. The standard InChI is InChI=1S/C11H14ClNO/c1-11(2,3)8-4-5-9(12)10(6-8)13-7-14/h4-7H,1-3H3,(H,13,14). The summed E-state index contributed by atoms with van der Waals surface area (Å²) in [5.74, 6) is 0. The number of nitrogens with one attached hydrogen (secondary N) is 1. The minimum atomic E-state index is 0.0594. The topological polar surface area (TPSA) is 29.1 Å². The van der Waals surface area contributed by atoms with E-state index in [2.05, 4.69) is 26.1 Å². The predicted octanol–water partition coefficient (Wildman–Crippen LogP) is 3.21. The van der Waals surface area contributed by atoms with Crippen molar-refractivity contribution >= 4 is 23.7 Å². The molecule has 0 saturated heterocycles. The summed E-state index contributed by atoms with van der Waals surface area (Å²) in [6.45, 7) is 6.34. The Labute approximate surface area is 89.3 Å². The maximum atomic E-state index is 10.3. The van der Waals surface area contributed by atoms with E-state index in [1.807, 2.05) is 12.1 Å². The smallest absolute Gasteiger partial charge is 0.211 e. The molecule has 0 aliphatic rings. The van der Waals surface area contributed by atoms with Gasteiger partial charge >= 0.3 is 0 Å². The molecule has 3 heteroatoms. The summed E-state index contributed by atoms with van der Waals surface area (Å²) in [6, 6.07) is 5.67. The Balaban J connectivity index is 3.12. The fourth-order valence-electron chi connectivity index (χ4n) is 1.17. The third-order valence-corrected chi connectivity index (χ3v) is 2.38. The van der Waals surface area contributed by atoms with Crippen molar-refractivity contribution in [1.82, 2.24) is 0 Å². The molecule has 0 aliphatic heterocycles. The molecule has 1 rings (SSSR count). The normalized spacial score (nSPS) is 11.1. The zero-order valence-electron chi connectivity index (χ0n) is 8.60. The molecule has 1 N–H and O–H groups in total. The summed E-state index contributed by atoms with van der Waals surface area (Å²) >= 11 is 5.90. The van der Waals surface area contributed by atoms with Gasteiger partial charge in [0.2, 0.25) is 6.41 Å². The van der Waals surface area contributed by atoms with Crippen molar-refractivity contribution in [1.29, 1.82) is 0 Å². The van der Waals surface area contributed by atoms with Crippen LogP contribution in [-0.4, -0.2) is 6.41 Å². The van der Waals surface area contributed by atoms with Crippen LogP contribution in [0.25, 0.3) is 0 Å². The van der Waals surface area contributed by atoms with Crippen molar-refractivity contribution in [2.24, 2.45) is 0 Å². The van der Waals surface area contributed by atoms with Crippen LogP contribution in [0.1, 0.15) is 26.3 Å². The molecule has 0 saturated carbocycles. The van der Waals surface area contributed by atoms with E-state index in [1.165, 1.54) is 0 Å². The van der Waals surface area contributed by atoms with Gasteiger partial charge in [0.1, 0.15) is 0 Å². The minimum absolute atomic E-state index is 0.0594. The van der Waals surface area contributed by atoms with E-state index in [1.54, 1.807) is 6.07 Å². The van der Waals surface area contributed by atoms with Gasteiger partial charge in [-0.3, -0.25) is 4.79 Å². The van der Waals surface area contributed by atoms with Crippen molar-refractivity contribution in [3.8, 4) is 0 Å². The Morgan fingerprint density at radius 2 is 2.00 bits per heavy atom. The van der Waals surface area contributed by atoms with Crippen molar-refractivity contribution < 1.29 is 4.79 Å². The lowest BCUT2D eigenvalue weighted by atomic mass is 9.87. The van der Waals surface area contributed by atoms with Gasteiger partial charge in [-0.05, 0) is 23.1 Å². The van der Waals surface area contributed by atoms with Crippen LogP contribution in [0, 0.1) is 0 Å². The largest absolute Gasteiger partial charge is 0.327 e. The van der Waals surface area contributed by atoms with Gasteiger partial charge < -0.3 is 5.32 Å². The van der Waals surface area contributed by atoms with E-state index in [-0.39, 0.29) is 5.41 Å². The van der Waals surface area contributed by atoms with Crippen molar-refractivity contribution in [3.63, 3.8) is 0 Å². The number of carbonyl (C=O) groups is 1. The third-order valence-electron chi connectivity index (χ3n) is 2.05. The van der Waals surface area contributed by atoms with Crippen molar-refractivity contribution in [3.05, 3.63) is 28.8 Å². The summed E-state index contributed by atoms with van der Waals surface area (Å²) in [7, 11) is 0. The van der Waals surface area contributed by atoms with Crippen molar-refractivity contribution in [2.75, 3.05) is 5.32 Å². The Morgan fingerprint density at radius 1 is 1.36 bits per heavy atom. The summed E-state index contributed by atoms with van der Waals surface area (Å²) in [4.78, 5) is 10.3. The lowest BCUT2D eigenvalue weighted by Crippen LogP contribution is -2.11. The third kappa shape index (κ3) is 2.48. The second-order valence-electron chi connectivity index (χ2n) is 4.21. The number of carbonyl (C=O) groups excluding carboxylic acids is 1. The highest BCUT2D eigenvalue weighted by molar-refractivity contribution is 6.33. The zero-order valence-corrected chi connectivity index (χ0v) is 9.35. The number of hydrogen-bond donors (Lipinski definition) is 1. The highest BCUT2D eigenvalue weighted by Crippen LogP contribution is 2.29. The molecule has 0 fully saturated rings.